The summed E-state index contributed by atoms with van der Waals surface area (Å²) in [7, 11) is 0. The molecular weight excluding hydrogens is 787 g/mol. The van der Waals surface area contributed by atoms with E-state index < -0.39 is 0 Å². The Kier molecular flexibility index (Phi) is 8.01. The Hall–Kier alpha value is -8.19. The first-order valence-electron chi connectivity index (χ1n) is 21.2. The summed E-state index contributed by atoms with van der Waals surface area (Å²) in [5.74, 6) is 1.71. The molecule has 0 atom stereocenters. The highest BCUT2D eigenvalue weighted by molar-refractivity contribution is 7.25. The zero-order valence-electron chi connectivity index (χ0n) is 33.9. The molecular formula is C57H35N5S. The predicted molar refractivity (Wildman–Crippen MR) is 263 cm³/mol. The second-order valence-electron chi connectivity index (χ2n) is 16.0. The van der Waals surface area contributed by atoms with Gasteiger partial charge in [-0.25, -0.2) is 0 Å². The molecule has 0 spiro atoms. The first-order valence-corrected chi connectivity index (χ1v) is 22.0. The normalized spacial score (nSPS) is 11.8. The van der Waals surface area contributed by atoms with Crippen LogP contribution in [0.3, 0.4) is 0 Å². The summed E-state index contributed by atoms with van der Waals surface area (Å²) < 4.78 is 7.02. The topological polar surface area (TPSA) is 48.5 Å². The predicted octanol–water partition coefficient (Wildman–Crippen LogP) is 15.1. The molecule has 0 fully saturated rings. The number of aromatic nitrogens is 5. The fourth-order valence-electron chi connectivity index (χ4n) is 9.42. The highest BCUT2D eigenvalue weighted by Crippen LogP contribution is 2.39. The number of thiophene rings is 1. The minimum absolute atomic E-state index is 0.554. The Morgan fingerprint density at radius 3 is 1.38 bits per heavy atom. The lowest BCUT2D eigenvalue weighted by Gasteiger charge is -2.13. The summed E-state index contributed by atoms with van der Waals surface area (Å²) in [6, 6.07) is 75.7. The van der Waals surface area contributed by atoms with Crippen molar-refractivity contribution in [3.63, 3.8) is 0 Å². The molecule has 0 aliphatic rings. The van der Waals surface area contributed by atoms with Crippen molar-refractivity contribution in [2.75, 3.05) is 0 Å². The Bertz CT molecular complexity index is 3860. The summed E-state index contributed by atoms with van der Waals surface area (Å²) in [5, 5.41) is 7.19. The van der Waals surface area contributed by atoms with Crippen LogP contribution < -0.4 is 0 Å². The molecule has 5 nitrogen and oxygen atoms in total. The molecule has 0 aliphatic carbocycles. The summed E-state index contributed by atoms with van der Waals surface area (Å²) >= 11 is 1.85. The van der Waals surface area contributed by atoms with Crippen LogP contribution in [0.1, 0.15) is 0 Å². The molecule has 9 aromatic carbocycles. The van der Waals surface area contributed by atoms with Gasteiger partial charge in [0.1, 0.15) is 0 Å². The van der Waals surface area contributed by atoms with Crippen LogP contribution in [0.15, 0.2) is 212 Å². The van der Waals surface area contributed by atoms with Gasteiger partial charge in [0, 0.05) is 47.3 Å². The van der Waals surface area contributed by atoms with E-state index in [1.54, 1.807) is 0 Å². The lowest BCUT2D eigenvalue weighted by Crippen LogP contribution is -2.10. The van der Waals surface area contributed by atoms with E-state index in [1.165, 1.54) is 31.3 Å². The van der Waals surface area contributed by atoms with Gasteiger partial charge in [-0.2, -0.15) is 15.0 Å². The van der Waals surface area contributed by atoms with Crippen molar-refractivity contribution >= 4 is 75.1 Å². The van der Waals surface area contributed by atoms with Crippen molar-refractivity contribution < 1.29 is 0 Å². The van der Waals surface area contributed by atoms with Crippen molar-refractivity contribution in [1.29, 1.82) is 0 Å². The van der Waals surface area contributed by atoms with Crippen LogP contribution in [0.4, 0.5) is 0 Å². The molecule has 0 saturated carbocycles. The third kappa shape index (κ3) is 5.80. The lowest BCUT2D eigenvalue weighted by molar-refractivity contribution is 0.893. The van der Waals surface area contributed by atoms with Crippen LogP contribution in [0, 0.1) is 0 Å². The minimum atomic E-state index is 0.554. The van der Waals surface area contributed by atoms with Crippen LogP contribution in [-0.4, -0.2) is 24.1 Å². The maximum Gasteiger partial charge on any atom is 0.240 e. The average molecular weight is 822 g/mol. The van der Waals surface area contributed by atoms with Gasteiger partial charge < -0.3 is 0 Å². The standard InChI is InChI=1S/C57H35N5S/c1-2-13-36(14-3-1)41-29-31-46-45-19-6-10-23-51(45)62(52(46)35-41)57-59-55(58-56(60-57)61-49-21-8-4-17-43(49)44-18-5-9-22-50(44)61)42-16-12-15-39(33-42)37-25-27-38(28-26-37)40-30-32-54-48(34-40)47-20-7-11-24-53(47)63-54/h1-35H. The summed E-state index contributed by atoms with van der Waals surface area (Å²) in [6.07, 6.45) is 0. The summed E-state index contributed by atoms with van der Waals surface area (Å²) in [4.78, 5) is 16.1. The minimum Gasteiger partial charge on any atom is -0.278 e. The number of para-hydroxylation sites is 3. The molecule has 0 saturated heterocycles. The molecule has 0 aliphatic heterocycles. The molecule has 63 heavy (non-hydrogen) atoms. The number of fused-ring (bicyclic) bond motifs is 9. The van der Waals surface area contributed by atoms with Gasteiger partial charge in [-0.05, 0) is 81.9 Å². The quantitative estimate of drug-likeness (QED) is 0.168. The van der Waals surface area contributed by atoms with Gasteiger partial charge in [0.2, 0.25) is 11.9 Å². The van der Waals surface area contributed by atoms with Gasteiger partial charge in [0.15, 0.2) is 5.82 Å². The summed E-state index contributed by atoms with van der Waals surface area (Å²) in [6.45, 7) is 0. The molecule has 13 aromatic rings. The molecule has 4 aromatic heterocycles. The van der Waals surface area contributed by atoms with E-state index in [0.29, 0.717) is 17.7 Å². The van der Waals surface area contributed by atoms with E-state index in [9.17, 15) is 0 Å². The van der Waals surface area contributed by atoms with Crippen LogP contribution in [-0.2, 0) is 0 Å². The van der Waals surface area contributed by atoms with E-state index in [2.05, 4.69) is 221 Å². The average Bonchev–Trinajstić information content (AvgIpc) is 4.01. The maximum atomic E-state index is 5.40. The van der Waals surface area contributed by atoms with Crippen molar-refractivity contribution in [3.8, 4) is 56.7 Å². The largest absolute Gasteiger partial charge is 0.278 e. The molecule has 0 radical (unpaired) electrons. The summed E-state index contributed by atoms with van der Waals surface area (Å²) in [5.41, 5.74) is 11.9. The van der Waals surface area contributed by atoms with Crippen LogP contribution in [0.5, 0.6) is 0 Å². The molecule has 4 heterocycles. The molecule has 0 amide bonds. The van der Waals surface area contributed by atoms with Gasteiger partial charge in [-0.3, -0.25) is 9.13 Å². The van der Waals surface area contributed by atoms with Crippen LogP contribution in [0.25, 0.3) is 120 Å². The monoisotopic (exact) mass is 821 g/mol. The fraction of sp³-hybridized carbons (Fsp3) is 0. The van der Waals surface area contributed by atoms with Crippen molar-refractivity contribution in [2.24, 2.45) is 0 Å². The third-order valence-corrected chi connectivity index (χ3v) is 13.6. The van der Waals surface area contributed by atoms with Gasteiger partial charge >= 0.3 is 0 Å². The highest BCUT2D eigenvalue weighted by atomic mass is 32.1. The first-order chi connectivity index (χ1) is 31.2. The van der Waals surface area contributed by atoms with E-state index in [4.69, 9.17) is 15.0 Å². The van der Waals surface area contributed by atoms with Crippen molar-refractivity contribution in [3.05, 3.63) is 212 Å². The van der Waals surface area contributed by atoms with Gasteiger partial charge in [0.25, 0.3) is 0 Å². The van der Waals surface area contributed by atoms with Gasteiger partial charge in [-0.15, -0.1) is 11.3 Å². The molecule has 0 bridgehead atoms. The second-order valence-corrected chi connectivity index (χ2v) is 17.1. The molecule has 294 valence electrons. The van der Waals surface area contributed by atoms with Crippen molar-refractivity contribution in [1.82, 2.24) is 24.1 Å². The van der Waals surface area contributed by atoms with E-state index >= 15 is 0 Å². The maximum absolute atomic E-state index is 5.40. The SMILES string of the molecule is c1ccc(-c2ccc3c4ccccc4n(-c4nc(-c5cccc(-c6ccc(-c7ccc8sc9ccccc9c8c7)cc6)c5)nc(-n5c6ccccc6c6ccccc65)n4)c3c2)cc1. The molecule has 13 rings (SSSR count). The fourth-order valence-corrected chi connectivity index (χ4v) is 10.5. The van der Waals surface area contributed by atoms with Crippen LogP contribution in [0.2, 0.25) is 0 Å². The first kappa shape index (κ1) is 35.6. The number of hydrogen-bond acceptors (Lipinski definition) is 4. The zero-order chi connectivity index (χ0) is 41.4. The van der Waals surface area contributed by atoms with E-state index in [0.717, 1.165) is 71.4 Å². The molecule has 6 heteroatoms. The Balaban J connectivity index is 0.986. The van der Waals surface area contributed by atoms with Gasteiger partial charge in [0.05, 0.1) is 22.1 Å². The Morgan fingerprint density at radius 1 is 0.270 bits per heavy atom. The van der Waals surface area contributed by atoms with Crippen molar-refractivity contribution in [2.45, 2.75) is 0 Å². The molecule has 0 unspecified atom stereocenters. The zero-order valence-corrected chi connectivity index (χ0v) is 34.7. The second kappa shape index (κ2) is 14.2. The third-order valence-electron chi connectivity index (χ3n) is 12.4. The van der Waals surface area contributed by atoms with Gasteiger partial charge in [-0.1, -0.05) is 164 Å². The number of rotatable bonds is 6. The van der Waals surface area contributed by atoms with Crippen LogP contribution >= 0.6 is 11.3 Å². The number of benzene rings is 9. The lowest BCUT2D eigenvalue weighted by atomic mass is 9.98. The Labute approximate surface area is 366 Å². The smallest absolute Gasteiger partial charge is 0.240 e. The number of hydrogen-bond donors (Lipinski definition) is 0. The Morgan fingerprint density at radius 2 is 0.714 bits per heavy atom. The number of nitrogens with zero attached hydrogens (tertiary/aromatic N) is 5. The van der Waals surface area contributed by atoms with E-state index in [1.807, 2.05) is 11.3 Å². The van der Waals surface area contributed by atoms with E-state index in [-0.39, 0.29) is 0 Å². The molecule has 0 N–H and O–H groups in total. The highest BCUT2D eigenvalue weighted by Gasteiger charge is 2.21.